The largest absolute Gasteiger partial charge is 0.327 e. The van der Waals surface area contributed by atoms with E-state index in [1.165, 1.54) is 22.9 Å². The van der Waals surface area contributed by atoms with E-state index in [0.717, 1.165) is 19.3 Å². The number of nitrogens with zero attached hydrogens (tertiary/aromatic N) is 3. The minimum absolute atomic E-state index is 0.0930. The molecule has 1 aliphatic carbocycles. The van der Waals surface area contributed by atoms with Gasteiger partial charge < -0.3 is 4.90 Å². The first-order valence-corrected chi connectivity index (χ1v) is 8.68. The van der Waals surface area contributed by atoms with Crippen LogP contribution in [0.4, 0.5) is 4.39 Å². The second-order valence-electron chi connectivity index (χ2n) is 6.42. The molecule has 6 heteroatoms. The van der Waals surface area contributed by atoms with Gasteiger partial charge >= 0.3 is 0 Å². The normalized spacial score (nSPS) is 15.0. The SMILES string of the molecule is CCCn1nc(C(=O)N(C2CC2)[C@@H](C)c2ccccc2F)ccc1=O. The number of carbonyl (C=O) groups is 1. The highest BCUT2D eigenvalue weighted by molar-refractivity contribution is 5.92. The van der Waals surface area contributed by atoms with Gasteiger partial charge in [-0.3, -0.25) is 9.59 Å². The van der Waals surface area contributed by atoms with Crippen LogP contribution in [0.2, 0.25) is 0 Å². The van der Waals surface area contributed by atoms with E-state index < -0.39 is 6.04 Å². The number of aromatic nitrogens is 2. The zero-order chi connectivity index (χ0) is 18.0. The first-order valence-electron chi connectivity index (χ1n) is 8.68. The lowest BCUT2D eigenvalue weighted by atomic mass is 10.1. The van der Waals surface area contributed by atoms with Crippen molar-refractivity contribution in [2.45, 2.75) is 51.7 Å². The van der Waals surface area contributed by atoms with Crippen molar-refractivity contribution >= 4 is 5.91 Å². The van der Waals surface area contributed by atoms with Gasteiger partial charge in [-0.25, -0.2) is 9.07 Å². The molecule has 0 radical (unpaired) electrons. The first-order chi connectivity index (χ1) is 12.0. The molecule has 0 N–H and O–H groups in total. The summed E-state index contributed by atoms with van der Waals surface area (Å²) in [4.78, 5) is 26.6. The van der Waals surface area contributed by atoms with Gasteiger partial charge in [-0.15, -0.1) is 0 Å². The maximum absolute atomic E-state index is 14.2. The van der Waals surface area contributed by atoms with E-state index in [1.54, 1.807) is 23.1 Å². The molecular formula is C19H22FN3O2. The highest BCUT2D eigenvalue weighted by Gasteiger charge is 2.38. The summed E-state index contributed by atoms with van der Waals surface area (Å²) >= 11 is 0. The molecule has 1 aromatic heterocycles. The van der Waals surface area contributed by atoms with Gasteiger partial charge in [0.05, 0.1) is 6.04 Å². The highest BCUT2D eigenvalue weighted by atomic mass is 19.1. The Balaban J connectivity index is 1.93. The molecule has 1 heterocycles. The van der Waals surface area contributed by atoms with Crippen LogP contribution < -0.4 is 5.56 Å². The molecule has 1 fully saturated rings. The molecule has 1 amide bonds. The zero-order valence-corrected chi connectivity index (χ0v) is 14.5. The van der Waals surface area contributed by atoms with Gasteiger partial charge in [0.1, 0.15) is 11.5 Å². The fourth-order valence-corrected chi connectivity index (χ4v) is 3.04. The molecule has 0 bridgehead atoms. The minimum Gasteiger partial charge on any atom is -0.327 e. The van der Waals surface area contributed by atoms with Crippen LogP contribution in [0, 0.1) is 5.82 Å². The molecule has 1 aliphatic rings. The van der Waals surface area contributed by atoms with Crippen molar-refractivity contribution < 1.29 is 9.18 Å². The molecule has 0 aliphatic heterocycles. The maximum atomic E-state index is 14.2. The Morgan fingerprint density at radius 2 is 2.04 bits per heavy atom. The smallest absolute Gasteiger partial charge is 0.275 e. The average Bonchev–Trinajstić information content (AvgIpc) is 3.42. The molecule has 1 saturated carbocycles. The van der Waals surface area contributed by atoms with Crippen LogP contribution in [-0.4, -0.2) is 26.6 Å². The van der Waals surface area contributed by atoms with E-state index >= 15 is 0 Å². The summed E-state index contributed by atoms with van der Waals surface area (Å²) in [5.41, 5.74) is 0.492. The molecule has 5 nitrogen and oxygen atoms in total. The second-order valence-corrected chi connectivity index (χ2v) is 6.42. The third-order valence-corrected chi connectivity index (χ3v) is 4.47. The van der Waals surface area contributed by atoms with E-state index in [1.807, 2.05) is 13.8 Å². The Morgan fingerprint density at radius 1 is 1.32 bits per heavy atom. The van der Waals surface area contributed by atoms with Crippen LogP contribution in [-0.2, 0) is 6.54 Å². The molecule has 25 heavy (non-hydrogen) atoms. The van der Waals surface area contributed by atoms with Crippen molar-refractivity contribution in [3.63, 3.8) is 0 Å². The number of hydrogen-bond donors (Lipinski definition) is 0. The number of aryl methyl sites for hydroxylation is 1. The van der Waals surface area contributed by atoms with Crippen LogP contribution in [0.15, 0.2) is 41.2 Å². The summed E-state index contributed by atoms with van der Waals surface area (Å²) in [6.07, 6.45) is 2.56. The van der Waals surface area contributed by atoms with Gasteiger partial charge in [0.25, 0.3) is 11.5 Å². The van der Waals surface area contributed by atoms with E-state index in [2.05, 4.69) is 5.10 Å². The first kappa shape index (κ1) is 17.3. The van der Waals surface area contributed by atoms with Crippen molar-refractivity contribution in [2.24, 2.45) is 0 Å². The Labute approximate surface area is 146 Å². The van der Waals surface area contributed by atoms with Crippen molar-refractivity contribution in [1.29, 1.82) is 0 Å². The lowest BCUT2D eigenvalue weighted by Gasteiger charge is -2.29. The molecule has 1 aromatic carbocycles. The quantitative estimate of drug-likeness (QED) is 0.809. The monoisotopic (exact) mass is 343 g/mol. The summed E-state index contributed by atoms with van der Waals surface area (Å²) in [5.74, 6) is -0.583. The maximum Gasteiger partial charge on any atom is 0.275 e. The average molecular weight is 343 g/mol. The Kier molecular flexibility index (Phi) is 4.97. The second kappa shape index (κ2) is 7.17. The lowest BCUT2D eigenvalue weighted by Crippen LogP contribution is -2.37. The highest BCUT2D eigenvalue weighted by Crippen LogP contribution is 2.36. The van der Waals surface area contributed by atoms with Crippen LogP contribution in [0.3, 0.4) is 0 Å². The molecule has 0 unspecified atom stereocenters. The van der Waals surface area contributed by atoms with Crippen LogP contribution in [0.5, 0.6) is 0 Å². The van der Waals surface area contributed by atoms with E-state index in [0.29, 0.717) is 12.1 Å². The molecule has 1 atom stereocenters. The van der Waals surface area contributed by atoms with Crippen LogP contribution in [0.1, 0.15) is 55.2 Å². The van der Waals surface area contributed by atoms with Crippen molar-refractivity contribution in [3.05, 3.63) is 63.8 Å². The summed E-state index contributed by atoms with van der Waals surface area (Å²) < 4.78 is 15.5. The van der Waals surface area contributed by atoms with Crippen LogP contribution in [0.25, 0.3) is 0 Å². The zero-order valence-electron chi connectivity index (χ0n) is 14.5. The van der Waals surface area contributed by atoms with E-state index in [-0.39, 0.29) is 29.0 Å². The van der Waals surface area contributed by atoms with E-state index in [4.69, 9.17) is 0 Å². The fourth-order valence-electron chi connectivity index (χ4n) is 3.04. The van der Waals surface area contributed by atoms with Crippen LogP contribution >= 0.6 is 0 Å². The molecule has 0 spiro atoms. The Bertz CT molecular complexity index is 829. The fraction of sp³-hybridized carbons (Fsp3) is 0.421. The lowest BCUT2D eigenvalue weighted by molar-refractivity contribution is 0.0662. The summed E-state index contributed by atoms with van der Waals surface area (Å²) in [6.45, 7) is 4.24. The third kappa shape index (κ3) is 3.62. The summed E-state index contributed by atoms with van der Waals surface area (Å²) in [6, 6.07) is 9.04. The van der Waals surface area contributed by atoms with Gasteiger partial charge in [0, 0.05) is 24.2 Å². The summed E-state index contributed by atoms with van der Waals surface area (Å²) in [5, 5.41) is 4.21. The number of benzene rings is 1. The topological polar surface area (TPSA) is 55.2 Å². The molecule has 2 aromatic rings. The predicted molar refractivity (Wildman–Crippen MR) is 92.8 cm³/mol. The number of rotatable bonds is 6. The molecule has 3 rings (SSSR count). The number of amides is 1. The molecule has 0 saturated heterocycles. The minimum atomic E-state index is -0.394. The molecular weight excluding hydrogens is 321 g/mol. The Morgan fingerprint density at radius 3 is 2.68 bits per heavy atom. The van der Waals surface area contributed by atoms with Gasteiger partial charge in [0.15, 0.2) is 0 Å². The Hall–Kier alpha value is -2.50. The van der Waals surface area contributed by atoms with Gasteiger partial charge in [0.2, 0.25) is 0 Å². The van der Waals surface area contributed by atoms with Crippen molar-refractivity contribution in [2.75, 3.05) is 0 Å². The van der Waals surface area contributed by atoms with E-state index in [9.17, 15) is 14.0 Å². The van der Waals surface area contributed by atoms with Gasteiger partial charge in [-0.05, 0) is 38.3 Å². The molecule has 132 valence electrons. The third-order valence-electron chi connectivity index (χ3n) is 4.47. The number of hydrogen-bond acceptors (Lipinski definition) is 3. The van der Waals surface area contributed by atoms with Gasteiger partial charge in [-0.2, -0.15) is 5.10 Å². The summed E-state index contributed by atoms with van der Waals surface area (Å²) in [7, 11) is 0. The number of carbonyl (C=O) groups excluding carboxylic acids is 1. The number of halogens is 1. The van der Waals surface area contributed by atoms with Crippen molar-refractivity contribution in [1.82, 2.24) is 14.7 Å². The standard InChI is InChI=1S/C19H22FN3O2/c1-3-12-22-18(24)11-10-17(21-22)19(25)23(14-8-9-14)13(2)15-6-4-5-7-16(15)20/h4-7,10-11,13-14H,3,8-9,12H2,1-2H3/t13-/m0/s1. The van der Waals surface area contributed by atoms with Crippen molar-refractivity contribution in [3.8, 4) is 0 Å². The predicted octanol–water partition coefficient (Wildman–Crippen LogP) is 3.16. The van der Waals surface area contributed by atoms with Gasteiger partial charge in [-0.1, -0.05) is 25.1 Å².